The van der Waals surface area contributed by atoms with E-state index in [-0.39, 0.29) is 0 Å². The maximum Gasteiger partial charge on any atom is 0.0110 e. The molecule has 0 unspecified atom stereocenters. The molecule has 2 heteroatoms. The molecule has 0 amide bonds. The lowest BCUT2D eigenvalue weighted by Gasteiger charge is -2.23. The fourth-order valence-electron chi connectivity index (χ4n) is 4.24. The van der Waals surface area contributed by atoms with Crippen LogP contribution >= 0.6 is 0 Å². The van der Waals surface area contributed by atoms with E-state index in [1.54, 1.807) is 0 Å². The van der Waals surface area contributed by atoms with Gasteiger partial charge in [-0.15, -0.1) is 0 Å². The van der Waals surface area contributed by atoms with Crippen LogP contribution in [-0.2, 0) is 0 Å². The maximum absolute atomic E-state index is 2.72. The van der Waals surface area contributed by atoms with Crippen LogP contribution in [-0.4, -0.2) is 49.1 Å². The highest BCUT2D eigenvalue weighted by atomic mass is 15.2. The van der Waals surface area contributed by atoms with E-state index in [1.165, 1.54) is 45.7 Å². The highest BCUT2D eigenvalue weighted by molar-refractivity contribution is 5.16. The molecule has 2 nitrogen and oxygen atoms in total. The minimum atomic E-state index is 0.934. The molecule has 3 aliphatic rings. The van der Waals surface area contributed by atoms with Crippen molar-refractivity contribution in [2.45, 2.75) is 20.3 Å². The number of hydrogen-bond donors (Lipinski definition) is 0. The first kappa shape index (κ1) is 11.7. The molecule has 1 saturated carbocycles. The summed E-state index contributed by atoms with van der Waals surface area (Å²) in [5, 5.41) is 0. The molecule has 96 valence electrons. The van der Waals surface area contributed by atoms with E-state index in [1.807, 2.05) is 0 Å². The molecule has 2 fully saturated rings. The van der Waals surface area contributed by atoms with Crippen molar-refractivity contribution in [1.82, 2.24) is 9.80 Å². The zero-order valence-electron chi connectivity index (χ0n) is 11.3. The summed E-state index contributed by atoms with van der Waals surface area (Å²) in [6.07, 6.45) is 6.47. The van der Waals surface area contributed by atoms with Gasteiger partial charge in [0.1, 0.15) is 0 Å². The first-order valence-corrected chi connectivity index (χ1v) is 7.44. The van der Waals surface area contributed by atoms with Gasteiger partial charge in [0.15, 0.2) is 0 Å². The number of rotatable bonds is 5. The molecule has 0 aromatic carbocycles. The predicted octanol–water partition coefficient (Wildman–Crippen LogP) is 2.08. The SMILES string of the molecule is CCN(CC)CCN1C[C@@H]2[C@@H](C1)[C@H]1C=C[C@H]2C1. The second-order valence-electron chi connectivity index (χ2n) is 6.06. The minimum Gasteiger partial charge on any atom is -0.303 e. The summed E-state index contributed by atoms with van der Waals surface area (Å²) in [7, 11) is 0. The molecule has 0 spiro atoms. The highest BCUT2D eigenvalue weighted by Crippen LogP contribution is 2.51. The summed E-state index contributed by atoms with van der Waals surface area (Å²) < 4.78 is 0. The van der Waals surface area contributed by atoms with Crippen LogP contribution in [0, 0.1) is 23.7 Å². The van der Waals surface area contributed by atoms with Crippen molar-refractivity contribution in [3.8, 4) is 0 Å². The van der Waals surface area contributed by atoms with Crippen LogP contribution in [0.2, 0.25) is 0 Å². The van der Waals surface area contributed by atoms with Gasteiger partial charge in [-0.25, -0.2) is 0 Å². The third kappa shape index (κ3) is 2.06. The van der Waals surface area contributed by atoms with E-state index in [0.717, 1.165) is 23.7 Å². The fourth-order valence-corrected chi connectivity index (χ4v) is 4.24. The van der Waals surface area contributed by atoms with Crippen LogP contribution in [0.3, 0.4) is 0 Å². The summed E-state index contributed by atoms with van der Waals surface area (Å²) in [4.78, 5) is 5.26. The van der Waals surface area contributed by atoms with Gasteiger partial charge in [-0.05, 0) is 43.2 Å². The molecule has 0 N–H and O–H groups in total. The Morgan fingerprint density at radius 3 is 2.18 bits per heavy atom. The van der Waals surface area contributed by atoms with Crippen molar-refractivity contribution in [3.63, 3.8) is 0 Å². The lowest BCUT2D eigenvalue weighted by molar-refractivity contribution is 0.227. The van der Waals surface area contributed by atoms with Gasteiger partial charge in [-0.3, -0.25) is 0 Å². The molecule has 1 heterocycles. The summed E-state index contributed by atoms with van der Waals surface area (Å²) in [6.45, 7) is 12.2. The lowest BCUT2D eigenvalue weighted by atomic mass is 9.86. The van der Waals surface area contributed by atoms with Gasteiger partial charge in [0.2, 0.25) is 0 Å². The summed E-state index contributed by atoms with van der Waals surface area (Å²) in [6, 6.07) is 0. The van der Waals surface area contributed by atoms with Crippen LogP contribution in [0.15, 0.2) is 12.2 Å². The summed E-state index contributed by atoms with van der Waals surface area (Å²) in [5.74, 6) is 3.87. The second-order valence-corrected chi connectivity index (χ2v) is 6.06. The molecule has 1 aliphatic heterocycles. The maximum atomic E-state index is 2.72. The fraction of sp³-hybridized carbons (Fsp3) is 0.867. The molecule has 1 saturated heterocycles. The zero-order valence-corrected chi connectivity index (χ0v) is 11.3. The summed E-state index contributed by atoms with van der Waals surface area (Å²) >= 11 is 0. The largest absolute Gasteiger partial charge is 0.303 e. The van der Waals surface area contributed by atoms with Crippen LogP contribution in [0.25, 0.3) is 0 Å². The van der Waals surface area contributed by atoms with Crippen LogP contribution in [0.1, 0.15) is 20.3 Å². The van der Waals surface area contributed by atoms with Gasteiger partial charge in [0, 0.05) is 26.2 Å². The third-order valence-electron chi connectivity index (χ3n) is 5.36. The molecule has 4 atom stereocenters. The van der Waals surface area contributed by atoms with Gasteiger partial charge in [0.05, 0.1) is 0 Å². The number of fused-ring (bicyclic) bond motifs is 5. The van der Waals surface area contributed by atoms with Gasteiger partial charge in [-0.2, -0.15) is 0 Å². The predicted molar refractivity (Wildman–Crippen MR) is 71.9 cm³/mol. The molecule has 0 aromatic rings. The highest BCUT2D eigenvalue weighted by Gasteiger charge is 2.48. The van der Waals surface area contributed by atoms with Crippen molar-refractivity contribution < 1.29 is 0 Å². The smallest absolute Gasteiger partial charge is 0.0110 e. The monoisotopic (exact) mass is 234 g/mol. The number of hydrogen-bond acceptors (Lipinski definition) is 2. The van der Waals surface area contributed by atoms with Crippen molar-refractivity contribution in [2.75, 3.05) is 39.3 Å². The number of allylic oxidation sites excluding steroid dienone is 2. The van der Waals surface area contributed by atoms with E-state index < -0.39 is 0 Å². The number of likely N-dealkylation sites (tertiary alicyclic amines) is 1. The Morgan fingerprint density at radius 2 is 1.65 bits per heavy atom. The molecule has 17 heavy (non-hydrogen) atoms. The molecule has 2 bridgehead atoms. The third-order valence-corrected chi connectivity index (χ3v) is 5.36. The van der Waals surface area contributed by atoms with E-state index in [2.05, 4.69) is 35.8 Å². The molecule has 2 aliphatic carbocycles. The topological polar surface area (TPSA) is 6.48 Å². The Balaban J connectivity index is 1.49. The van der Waals surface area contributed by atoms with Crippen molar-refractivity contribution in [1.29, 1.82) is 0 Å². The Kier molecular flexibility index (Phi) is 3.27. The van der Waals surface area contributed by atoms with Gasteiger partial charge >= 0.3 is 0 Å². The standard InChI is InChI=1S/C15H26N2/c1-3-16(4-2)7-8-17-10-14-12-5-6-13(9-12)15(14)11-17/h5-6,12-15H,3-4,7-11H2,1-2H3/t12-,13-,14-,15-/m0/s1. The van der Waals surface area contributed by atoms with E-state index in [0.29, 0.717) is 0 Å². The average Bonchev–Trinajstić information content (AvgIpc) is 3.02. The van der Waals surface area contributed by atoms with Gasteiger partial charge in [-0.1, -0.05) is 26.0 Å². The van der Waals surface area contributed by atoms with E-state index in [9.17, 15) is 0 Å². The van der Waals surface area contributed by atoms with Crippen LogP contribution < -0.4 is 0 Å². The Bertz CT molecular complexity index is 275. The molecular formula is C15H26N2. The Morgan fingerprint density at radius 1 is 1.06 bits per heavy atom. The summed E-state index contributed by atoms with van der Waals surface area (Å²) in [5.41, 5.74) is 0. The average molecular weight is 234 g/mol. The van der Waals surface area contributed by atoms with E-state index in [4.69, 9.17) is 0 Å². The Hall–Kier alpha value is -0.340. The van der Waals surface area contributed by atoms with Gasteiger partial charge < -0.3 is 9.80 Å². The van der Waals surface area contributed by atoms with Crippen molar-refractivity contribution in [2.24, 2.45) is 23.7 Å². The zero-order chi connectivity index (χ0) is 11.8. The molecule has 0 radical (unpaired) electrons. The quantitative estimate of drug-likeness (QED) is 0.672. The number of likely N-dealkylation sites (N-methyl/N-ethyl adjacent to an activating group) is 1. The molecular weight excluding hydrogens is 208 g/mol. The van der Waals surface area contributed by atoms with Crippen molar-refractivity contribution >= 4 is 0 Å². The number of nitrogens with zero attached hydrogens (tertiary/aromatic N) is 2. The molecule has 3 rings (SSSR count). The van der Waals surface area contributed by atoms with Crippen LogP contribution in [0.4, 0.5) is 0 Å². The normalized spacial score (nSPS) is 39.5. The van der Waals surface area contributed by atoms with Gasteiger partial charge in [0.25, 0.3) is 0 Å². The lowest BCUT2D eigenvalue weighted by Crippen LogP contribution is -2.34. The minimum absolute atomic E-state index is 0.934. The second kappa shape index (κ2) is 4.74. The first-order chi connectivity index (χ1) is 8.31. The Labute approximate surface area is 106 Å². The van der Waals surface area contributed by atoms with Crippen molar-refractivity contribution in [3.05, 3.63) is 12.2 Å². The first-order valence-electron chi connectivity index (χ1n) is 7.44. The van der Waals surface area contributed by atoms with Crippen LogP contribution in [0.5, 0.6) is 0 Å². The molecule has 0 aromatic heterocycles. The van der Waals surface area contributed by atoms with E-state index >= 15 is 0 Å².